The highest BCUT2D eigenvalue weighted by Gasteiger charge is 2.43. The van der Waals surface area contributed by atoms with Crippen LogP contribution in [0, 0.1) is 6.92 Å². The molecule has 92 valence electrons. The molecule has 1 amide bonds. The number of fused-ring (bicyclic) bond motifs is 2. The minimum Gasteiger partial charge on any atom is -0.332 e. The molecule has 0 saturated carbocycles. The molecule has 2 aliphatic heterocycles. The zero-order valence-corrected chi connectivity index (χ0v) is 11.2. The lowest BCUT2D eigenvalue weighted by atomic mass is 10.0. The molecule has 2 fully saturated rings. The number of amides is 1. The van der Waals surface area contributed by atoms with Crippen LogP contribution in [-0.2, 0) is 0 Å². The molecule has 2 bridgehead atoms. The van der Waals surface area contributed by atoms with Crippen LogP contribution in [0.25, 0.3) is 0 Å². The van der Waals surface area contributed by atoms with Gasteiger partial charge < -0.3 is 4.90 Å². The van der Waals surface area contributed by atoms with Crippen LogP contribution in [0.2, 0.25) is 0 Å². The van der Waals surface area contributed by atoms with Crippen LogP contribution in [0.5, 0.6) is 0 Å². The van der Waals surface area contributed by atoms with Gasteiger partial charge in [0.2, 0.25) is 0 Å². The van der Waals surface area contributed by atoms with Crippen molar-refractivity contribution in [2.45, 2.75) is 50.1 Å². The largest absolute Gasteiger partial charge is 0.332 e. The average molecular weight is 272 g/mol. The van der Waals surface area contributed by atoms with Crippen LogP contribution >= 0.6 is 23.1 Å². The van der Waals surface area contributed by atoms with Gasteiger partial charge in [0.25, 0.3) is 5.91 Å². The lowest BCUT2D eigenvalue weighted by Gasteiger charge is -2.36. The first-order valence-electron chi connectivity index (χ1n) is 5.92. The van der Waals surface area contributed by atoms with Crippen molar-refractivity contribution in [3.05, 3.63) is 10.6 Å². The van der Waals surface area contributed by atoms with E-state index in [1.165, 1.54) is 11.5 Å². The van der Waals surface area contributed by atoms with Gasteiger partial charge in [-0.3, -0.25) is 4.79 Å². The molecule has 1 aromatic heterocycles. The zero-order valence-electron chi connectivity index (χ0n) is 9.60. The topological polar surface area (TPSA) is 46.1 Å². The second kappa shape index (κ2) is 4.21. The fourth-order valence-electron chi connectivity index (χ4n) is 2.99. The molecule has 4 nitrogen and oxygen atoms in total. The van der Waals surface area contributed by atoms with E-state index < -0.39 is 0 Å². The molecule has 17 heavy (non-hydrogen) atoms. The van der Waals surface area contributed by atoms with E-state index >= 15 is 0 Å². The zero-order chi connectivity index (χ0) is 12.0. The van der Waals surface area contributed by atoms with Crippen LogP contribution in [0.4, 0.5) is 0 Å². The number of hydrogen-bond donors (Lipinski definition) is 0. The van der Waals surface area contributed by atoms with Gasteiger partial charge in [-0.15, -0.1) is 16.7 Å². The van der Waals surface area contributed by atoms with Gasteiger partial charge in [0, 0.05) is 17.5 Å². The predicted octanol–water partition coefficient (Wildman–Crippen LogP) is 2.22. The van der Waals surface area contributed by atoms with Crippen LogP contribution < -0.4 is 0 Å². The number of nitrogens with zero attached hydrogens (tertiary/aromatic N) is 3. The SMILES string of the molecule is Cc1nnsc1C(=O)N1C2CCC1CC(Cl)C2. The highest BCUT2D eigenvalue weighted by Crippen LogP contribution is 2.39. The summed E-state index contributed by atoms with van der Waals surface area (Å²) in [5, 5.41) is 4.15. The first kappa shape index (κ1) is 11.4. The molecule has 2 atom stereocenters. The quantitative estimate of drug-likeness (QED) is 0.736. The number of rotatable bonds is 1. The molecule has 2 unspecified atom stereocenters. The molecule has 1 aromatic rings. The lowest BCUT2D eigenvalue weighted by Crippen LogP contribution is -2.46. The molecule has 0 spiro atoms. The Morgan fingerprint density at radius 2 is 2.06 bits per heavy atom. The maximum atomic E-state index is 12.5. The van der Waals surface area contributed by atoms with E-state index in [0.717, 1.165) is 31.4 Å². The molecule has 2 saturated heterocycles. The van der Waals surface area contributed by atoms with Crippen molar-refractivity contribution in [3.8, 4) is 0 Å². The Morgan fingerprint density at radius 3 is 2.59 bits per heavy atom. The normalized spacial score (nSPS) is 31.9. The fraction of sp³-hybridized carbons (Fsp3) is 0.727. The fourth-order valence-corrected chi connectivity index (χ4v) is 4.00. The Kier molecular flexibility index (Phi) is 2.83. The summed E-state index contributed by atoms with van der Waals surface area (Å²) in [6, 6.07) is 0.649. The van der Waals surface area contributed by atoms with Crippen molar-refractivity contribution in [2.75, 3.05) is 0 Å². The summed E-state index contributed by atoms with van der Waals surface area (Å²) < 4.78 is 3.84. The third-order valence-electron chi connectivity index (χ3n) is 3.76. The number of piperidine rings is 1. The van der Waals surface area contributed by atoms with E-state index in [9.17, 15) is 4.79 Å². The van der Waals surface area contributed by atoms with Gasteiger partial charge in [0.1, 0.15) is 4.88 Å². The lowest BCUT2D eigenvalue weighted by molar-refractivity contribution is 0.0603. The molecule has 0 radical (unpaired) electrons. The highest BCUT2D eigenvalue weighted by molar-refractivity contribution is 7.07. The Bertz CT molecular complexity index is 436. The van der Waals surface area contributed by atoms with Crippen LogP contribution in [0.15, 0.2) is 0 Å². The van der Waals surface area contributed by atoms with E-state index in [1.807, 2.05) is 11.8 Å². The number of aromatic nitrogens is 2. The summed E-state index contributed by atoms with van der Waals surface area (Å²) in [6.07, 6.45) is 4.03. The van der Waals surface area contributed by atoms with Crippen molar-refractivity contribution >= 4 is 29.0 Å². The van der Waals surface area contributed by atoms with Crippen LogP contribution in [0.1, 0.15) is 41.0 Å². The van der Waals surface area contributed by atoms with Gasteiger partial charge in [0.05, 0.1) is 5.69 Å². The smallest absolute Gasteiger partial charge is 0.268 e. The van der Waals surface area contributed by atoms with E-state index in [4.69, 9.17) is 11.6 Å². The van der Waals surface area contributed by atoms with Crippen LogP contribution in [0.3, 0.4) is 0 Å². The summed E-state index contributed by atoms with van der Waals surface area (Å²) in [7, 11) is 0. The number of hydrogen-bond acceptors (Lipinski definition) is 4. The van der Waals surface area contributed by atoms with Crippen molar-refractivity contribution in [3.63, 3.8) is 0 Å². The number of halogens is 1. The maximum absolute atomic E-state index is 12.5. The second-order valence-corrected chi connectivity index (χ2v) is 6.22. The molecule has 0 aromatic carbocycles. The third kappa shape index (κ3) is 1.85. The van der Waals surface area contributed by atoms with Gasteiger partial charge in [-0.25, -0.2) is 0 Å². The first-order valence-corrected chi connectivity index (χ1v) is 7.13. The summed E-state index contributed by atoms with van der Waals surface area (Å²) in [4.78, 5) is 15.2. The molecular formula is C11H14ClN3OS. The maximum Gasteiger partial charge on any atom is 0.268 e. The van der Waals surface area contributed by atoms with E-state index in [2.05, 4.69) is 9.59 Å². The number of alkyl halides is 1. The van der Waals surface area contributed by atoms with Gasteiger partial charge in [-0.1, -0.05) is 4.49 Å². The molecule has 3 heterocycles. The van der Waals surface area contributed by atoms with Crippen molar-refractivity contribution in [2.24, 2.45) is 0 Å². The van der Waals surface area contributed by atoms with Crippen molar-refractivity contribution in [1.82, 2.24) is 14.5 Å². The highest BCUT2D eigenvalue weighted by atomic mass is 35.5. The van der Waals surface area contributed by atoms with Gasteiger partial charge in [0.15, 0.2) is 0 Å². The van der Waals surface area contributed by atoms with Crippen molar-refractivity contribution in [1.29, 1.82) is 0 Å². The molecule has 0 N–H and O–H groups in total. The average Bonchev–Trinajstić information content (AvgIpc) is 2.81. The minimum absolute atomic E-state index is 0.105. The van der Waals surface area contributed by atoms with E-state index in [0.29, 0.717) is 17.0 Å². The Morgan fingerprint density at radius 1 is 1.41 bits per heavy atom. The molecule has 6 heteroatoms. The Balaban J connectivity index is 1.86. The molecule has 3 rings (SSSR count). The van der Waals surface area contributed by atoms with Crippen LogP contribution in [-0.4, -0.2) is 37.9 Å². The Labute approximate surface area is 109 Å². The van der Waals surface area contributed by atoms with Crippen molar-refractivity contribution < 1.29 is 4.79 Å². The summed E-state index contributed by atoms with van der Waals surface area (Å²) in [6.45, 7) is 1.84. The standard InChI is InChI=1S/C11H14ClN3OS/c1-6-10(17-14-13-6)11(16)15-8-2-3-9(15)5-7(12)4-8/h7-9H,2-5H2,1H3. The first-order chi connectivity index (χ1) is 8.16. The van der Waals surface area contributed by atoms with E-state index in [1.54, 1.807) is 0 Å². The second-order valence-electron chi connectivity index (χ2n) is 4.85. The van der Waals surface area contributed by atoms with Gasteiger partial charge >= 0.3 is 0 Å². The molecule has 2 aliphatic rings. The summed E-state index contributed by atoms with van der Waals surface area (Å²) in [5.74, 6) is 0.105. The van der Waals surface area contributed by atoms with E-state index in [-0.39, 0.29) is 11.3 Å². The van der Waals surface area contributed by atoms with Gasteiger partial charge in [-0.05, 0) is 44.1 Å². The minimum atomic E-state index is 0.105. The predicted molar refractivity (Wildman–Crippen MR) is 66.5 cm³/mol. The third-order valence-corrected chi connectivity index (χ3v) is 4.93. The number of carbonyl (C=O) groups excluding carboxylic acids is 1. The van der Waals surface area contributed by atoms with Gasteiger partial charge in [-0.2, -0.15) is 0 Å². The number of aryl methyl sites for hydroxylation is 1. The summed E-state index contributed by atoms with van der Waals surface area (Å²) >= 11 is 7.41. The summed E-state index contributed by atoms with van der Waals surface area (Å²) in [5.41, 5.74) is 0.743. The number of carbonyl (C=O) groups is 1. The molecular weight excluding hydrogens is 258 g/mol. The monoisotopic (exact) mass is 271 g/mol. The molecule has 0 aliphatic carbocycles. The Hall–Kier alpha value is -0.680.